The lowest BCUT2D eigenvalue weighted by atomic mass is 10.0. The van der Waals surface area contributed by atoms with Crippen molar-refractivity contribution in [1.82, 2.24) is 15.5 Å². The molecule has 0 radical (unpaired) electrons. The molecule has 8 heteroatoms. The standard InChI is InChI=1S/C19H29N3O2S.2ClH/c1-24-18-7-3-2-6-16(18)17(22-9-4-5-10-22)13-21-19(23)12-15-14-25-11-8-20-15;;/h2-3,6-7,15,17,20H,4-5,8-14H2,1H3,(H,21,23);2*1H. The fourth-order valence-corrected chi connectivity index (χ4v) is 4.64. The van der Waals surface area contributed by atoms with E-state index in [0.717, 1.165) is 36.9 Å². The van der Waals surface area contributed by atoms with Crippen molar-refractivity contribution in [2.75, 3.05) is 44.8 Å². The van der Waals surface area contributed by atoms with Gasteiger partial charge in [-0.2, -0.15) is 11.8 Å². The predicted molar refractivity (Wildman–Crippen MR) is 118 cm³/mol. The van der Waals surface area contributed by atoms with Crippen molar-refractivity contribution < 1.29 is 9.53 Å². The molecule has 0 aliphatic carbocycles. The van der Waals surface area contributed by atoms with Gasteiger partial charge in [0.05, 0.1) is 13.2 Å². The van der Waals surface area contributed by atoms with Gasteiger partial charge >= 0.3 is 0 Å². The van der Waals surface area contributed by atoms with E-state index in [-0.39, 0.29) is 36.8 Å². The normalized spacial score (nSPS) is 20.9. The number of para-hydroxylation sites is 1. The Morgan fingerprint density at radius 3 is 2.74 bits per heavy atom. The summed E-state index contributed by atoms with van der Waals surface area (Å²) in [5, 5.41) is 6.60. The number of amides is 1. The van der Waals surface area contributed by atoms with Crippen molar-refractivity contribution >= 4 is 42.5 Å². The topological polar surface area (TPSA) is 53.6 Å². The van der Waals surface area contributed by atoms with Gasteiger partial charge in [-0.1, -0.05) is 18.2 Å². The number of rotatable bonds is 7. The maximum Gasteiger partial charge on any atom is 0.221 e. The maximum atomic E-state index is 12.4. The van der Waals surface area contributed by atoms with Crippen LogP contribution >= 0.6 is 36.6 Å². The molecular formula is C19H31Cl2N3O2S. The van der Waals surface area contributed by atoms with Crippen LogP contribution in [0.3, 0.4) is 0 Å². The van der Waals surface area contributed by atoms with E-state index in [1.165, 1.54) is 18.4 Å². The van der Waals surface area contributed by atoms with Crippen LogP contribution in [0, 0.1) is 0 Å². The highest BCUT2D eigenvalue weighted by atomic mass is 35.5. The fraction of sp³-hybridized carbons (Fsp3) is 0.632. The van der Waals surface area contributed by atoms with Crippen LogP contribution in [-0.4, -0.2) is 61.6 Å². The van der Waals surface area contributed by atoms with Crippen molar-refractivity contribution in [2.24, 2.45) is 0 Å². The van der Waals surface area contributed by atoms with Gasteiger partial charge in [-0.3, -0.25) is 9.69 Å². The summed E-state index contributed by atoms with van der Waals surface area (Å²) in [4.78, 5) is 14.9. The molecule has 2 N–H and O–H groups in total. The van der Waals surface area contributed by atoms with Crippen LogP contribution < -0.4 is 15.4 Å². The first-order valence-electron chi connectivity index (χ1n) is 9.22. The Bertz CT molecular complexity index is 568. The summed E-state index contributed by atoms with van der Waals surface area (Å²) in [5.41, 5.74) is 1.17. The smallest absolute Gasteiger partial charge is 0.221 e. The number of hydrogen-bond donors (Lipinski definition) is 2. The zero-order valence-electron chi connectivity index (χ0n) is 15.8. The number of hydrogen-bond acceptors (Lipinski definition) is 5. The quantitative estimate of drug-likeness (QED) is 0.689. The van der Waals surface area contributed by atoms with Crippen molar-refractivity contribution in [3.8, 4) is 5.75 Å². The first kappa shape index (κ1) is 24.4. The average Bonchev–Trinajstić information content (AvgIpc) is 3.17. The number of nitrogens with one attached hydrogen (secondary N) is 2. The second-order valence-corrected chi connectivity index (χ2v) is 7.88. The van der Waals surface area contributed by atoms with E-state index in [2.05, 4.69) is 21.6 Å². The lowest BCUT2D eigenvalue weighted by molar-refractivity contribution is -0.121. The Morgan fingerprint density at radius 1 is 1.33 bits per heavy atom. The summed E-state index contributed by atoms with van der Waals surface area (Å²) in [7, 11) is 1.71. The minimum Gasteiger partial charge on any atom is -0.496 e. The zero-order valence-corrected chi connectivity index (χ0v) is 18.3. The van der Waals surface area contributed by atoms with Crippen molar-refractivity contribution in [1.29, 1.82) is 0 Å². The molecule has 2 aliphatic heterocycles. The minimum absolute atomic E-state index is 0. The fourth-order valence-electron chi connectivity index (χ4n) is 3.69. The molecule has 2 fully saturated rings. The van der Waals surface area contributed by atoms with Gasteiger partial charge in [0.2, 0.25) is 5.91 Å². The molecule has 0 spiro atoms. The van der Waals surface area contributed by atoms with Crippen LogP contribution in [0.15, 0.2) is 24.3 Å². The van der Waals surface area contributed by atoms with Crippen molar-refractivity contribution in [2.45, 2.75) is 31.3 Å². The van der Waals surface area contributed by atoms with Gasteiger partial charge in [-0.15, -0.1) is 24.8 Å². The lowest BCUT2D eigenvalue weighted by Gasteiger charge is -2.30. The van der Waals surface area contributed by atoms with E-state index in [1.54, 1.807) is 7.11 Å². The van der Waals surface area contributed by atoms with E-state index in [4.69, 9.17) is 4.74 Å². The summed E-state index contributed by atoms with van der Waals surface area (Å²) in [6.07, 6.45) is 3.01. The first-order valence-corrected chi connectivity index (χ1v) is 10.4. The summed E-state index contributed by atoms with van der Waals surface area (Å²) in [6, 6.07) is 8.64. The highest BCUT2D eigenvalue weighted by Crippen LogP contribution is 2.31. The van der Waals surface area contributed by atoms with Gasteiger partial charge < -0.3 is 15.4 Å². The van der Waals surface area contributed by atoms with E-state index in [1.807, 2.05) is 30.0 Å². The molecule has 2 heterocycles. The monoisotopic (exact) mass is 435 g/mol. The minimum atomic E-state index is 0. The van der Waals surface area contributed by atoms with Gasteiger partial charge in [0.1, 0.15) is 5.75 Å². The predicted octanol–water partition coefficient (Wildman–Crippen LogP) is 2.89. The second-order valence-electron chi connectivity index (χ2n) is 6.73. The first-order chi connectivity index (χ1) is 12.3. The van der Waals surface area contributed by atoms with Crippen LogP contribution in [0.25, 0.3) is 0 Å². The third-order valence-corrected chi connectivity index (χ3v) is 6.13. The number of nitrogens with zero attached hydrogens (tertiary/aromatic N) is 1. The Kier molecular flexibility index (Phi) is 11.5. The third-order valence-electron chi connectivity index (χ3n) is 5.00. The van der Waals surface area contributed by atoms with Crippen LogP contribution in [0.5, 0.6) is 5.75 Å². The molecule has 154 valence electrons. The van der Waals surface area contributed by atoms with E-state index >= 15 is 0 Å². The van der Waals surface area contributed by atoms with Gasteiger partial charge in [0, 0.05) is 42.6 Å². The molecule has 1 aromatic rings. The summed E-state index contributed by atoms with van der Waals surface area (Å²) >= 11 is 1.92. The van der Waals surface area contributed by atoms with E-state index in [0.29, 0.717) is 19.0 Å². The molecule has 0 aromatic heterocycles. The Labute approximate surface area is 179 Å². The number of carbonyl (C=O) groups excluding carboxylic acids is 1. The molecule has 2 unspecified atom stereocenters. The van der Waals surface area contributed by atoms with Gasteiger partial charge in [-0.25, -0.2) is 0 Å². The number of halogens is 2. The van der Waals surface area contributed by atoms with Crippen LogP contribution in [0.2, 0.25) is 0 Å². The van der Waals surface area contributed by atoms with Gasteiger partial charge in [-0.05, 0) is 32.0 Å². The summed E-state index contributed by atoms with van der Waals surface area (Å²) < 4.78 is 5.56. The van der Waals surface area contributed by atoms with E-state index in [9.17, 15) is 4.79 Å². The average molecular weight is 436 g/mol. The van der Waals surface area contributed by atoms with Crippen LogP contribution in [-0.2, 0) is 4.79 Å². The molecule has 2 saturated heterocycles. The Hall–Kier alpha value is -0.660. The zero-order chi connectivity index (χ0) is 17.5. The molecule has 2 aliphatic rings. The molecule has 0 saturated carbocycles. The molecule has 2 atom stereocenters. The highest BCUT2D eigenvalue weighted by molar-refractivity contribution is 7.99. The summed E-state index contributed by atoms with van der Waals surface area (Å²) in [6.45, 7) is 3.80. The molecule has 1 amide bonds. The summed E-state index contributed by atoms with van der Waals surface area (Å²) in [5.74, 6) is 3.21. The largest absolute Gasteiger partial charge is 0.496 e. The van der Waals surface area contributed by atoms with Crippen molar-refractivity contribution in [3.63, 3.8) is 0 Å². The van der Waals surface area contributed by atoms with Crippen LogP contribution in [0.1, 0.15) is 30.9 Å². The number of likely N-dealkylation sites (tertiary alicyclic amines) is 1. The van der Waals surface area contributed by atoms with Crippen LogP contribution in [0.4, 0.5) is 0 Å². The number of carbonyl (C=O) groups is 1. The molecule has 0 bridgehead atoms. The number of methoxy groups -OCH3 is 1. The Morgan fingerprint density at radius 2 is 2.07 bits per heavy atom. The number of thioether (sulfide) groups is 1. The molecule has 3 rings (SSSR count). The molecule has 1 aromatic carbocycles. The Balaban J connectivity index is 0.00000182. The molecular weight excluding hydrogens is 405 g/mol. The maximum absolute atomic E-state index is 12.4. The molecule has 5 nitrogen and oxygen atoms in total. The van der Waals surface area contributed by atoms with Gasteiger partial charge in [0.15, 0.2) is 0 Å². The number of ether oxygens (including phenoxy) is 1. The molecule has 27 heavy (non-hydrogen) atoms. The van der Waals surface area contributed by atoms with Gasteiger partial charge in [0.25, 0.3) is 0 Å². The van der Waals surface area contributed by atoms with Crippen molar-refractivity contribution in [3.05, 3.63) is 29.8 Å². The lowest BCUT2D eigenvalue weighted by Crippen LogP contribution is -2.43. The third kappa shape index (κ3) is 7.02. The van der Waals surface area contributed by atoms with E-state index < -0.39 is 0 Å². The highest BCUT2D eigenvalue weighted by Gasteiger charge is 2.26. The second kappa shape index (κ2) is 12.7. The number of benzene rings is 1. The SMILES string of the molecule is COc1ccccc1C(CNC(=O)CC1CSCCN1)N1CCCC1.Cl.Cl.